The van der Waals surface area contributed by atoms with Crippen molar-refractivity contribution in [3.05, 3.63) is 42.6 Å². The second-order valence-corrected chi connectivity index (χ2v) is 7.37. The van der Waals surface area contributed by atoms with Gasteiger partial charge in [-0.05, 0) is 30.4 Å². The van der Waals surface area contributed by atoms with Gasteiger partial charge in [-0.1, -0.05) is 32.1 Å². The summed E-state index contributed by atoms with van der Waals surface area (Å²) in [6.45, 7) is 10.0. The van der Waals surface area contributed by atoms with Crippen LogP contribution in [0, 0.1) is 23.2 Å². The van der Waals surface area contributed by atoms with Crippen LogP contribution in [0.4, 0.5) is 5.82 Å². The van der Waals surface area contributed by atoms with Crippen LogP contribution in [0.3, 0.4) is 0 Å². The van der Waals surface area contributed by atoms with Crippen molar-refractivity contribution in [1.82, 2.24) is 15.3 Å². The number of hydrogen-bond acceptors (Lipinski definition) is 5. The summed E-state index contributed by atoms with van der Waals surface area (Å²) in [7, 11) is 0. The van der Waals surface area contributed by atoms with Gasteiger partial charge in [0, 0.05) is 19.6 Å². The molecule has 1 saturated heterocycles. The fourth-order valence-corrected chi connectivity index (χ4v) is 3.79. The van der Waals surface area contributed by atoms with Crippen LogP contribution in [0.5, 0.6) is 0 Å². The first kappa shape index (κ1) is 18.8. The van der Waals surface area contributed by atoms with E-state index in [1.807, 2.05) is 24.3 Å². The molecule has 27 heavy (non-hydrogen) atoms. The maximum absolute atomic E-state index is 12.6. The molecule has 0 saturated carbocycles. The van der Waals surface area contributed by atoms with Gasteiger partial charge in [0.2, 0.25) is 5.91 Å². The molecule has 2 aromatic rings. The zero-order valence-electron chi connectivity index (χ0n) is 15.9. The Labute approximate surface area is 159 Å². The Bertz CT molecular complexity index is 878. The molecule has 1 aliphatic heterocycles. The first-order chi connectivity index (χ1) is 13.0. The van der Waals surface area contributed by atoms with E-state index < -0.39 is 5.92 Å². The average Bonchev–Trinajstić information content (AvgIpc) is 2.65. The highest BCUT2D eigenvalue weighted by Gasteiger charge is 2.31. The summed E-state index contributed by atoms with van der Waals surface area (Å²) in [6, 6.07) is 9.68. The molecule has 0 aliphatic carbocycles. The van der Waals surface area contributed by atoms with Crippen LogP contribution in [0.2, 0.25) is 0 Å². The number of carbonyl (C=O) groups is 1. The molecular weight excluding hydrogens is 338 g/mol. The third kappa shape index (κ3) is 4.08. The predicted molar refractivity (Wildman–Crippen MR) is 106 cm³/mol. The van der Waals surface area contributed by atoms with Crippen molar-refractivity contribution >= 4 is 22.8 Å². The summed E-state index contributed by atoms with van der Waals surface area (Å²) in [4.78, 5) is 24.2. The Hall–Kier alpha value is -2.94. The number of rotatable bonds is 5. The SMILES string of the molecule is C=CCNC(=O)[C@H](C#N)c1nc2ccccc2nc1N1C[C@H](C)C[C@H](C)C1. The minimum absolute atomic E-state index is 0.311. The maximum Gasteiger partial charge on any atom is 0.243 e. The van der Waals surface area contributed by atoms with E-state index in [2.05, 4.69) is 41.7 Å². The lowest BCUT2D eigenvalue weighted by Gasteiger charge is -2.36. The molecule has 1 aromatic carbocycles. The maximum atomic E-state index is 12.6. The fraction of sp³-hybridized carbons (Fsp3) is 0.429. The summed E-state index contributed by atoms with van der Waals surface area (Å²) in [5.41, 5.74) is 1.88. The van der Waals surface area contributed by atoms with E-state index in [1.54, 1.807) is 6.08 Å². The number of anilines is 1. The average molecular weight is 363 g/mol. The topological polar surface area (TPSA) is 81.9 Å². The number of nitriles is 1. The Morgan fingerprint density at radius 2 is 1.96 bits per heavy atom. The van der Waals surface area contributed by atoms with Gasteiger partial charge in [-0.2, -0.15) is 5.26 Å². The third-order valence-electron chi connectivity index (χ3n) is 4.83. The number of hydrogen-bond donors (Lipinski definition) is 1. The van der Waals surface area contributed by atoms with Gasteiger partial charge in [-0.15, -0.1) is 6.58 Å². The highest BCUT2D eigenvalue weighted by Crippen LogP contribution is 2.31. The normalized spacial score (nSPS) is 20.7. The molecule has 0 spiro atoms. The molecule has 0 bridgehead atoms. The van der Waals surface area contributed by atoms with Crippen LogP contribution in [-0.2, 0) is 4.79 Å². The highest BCUT2D eigenvalue weighted by molar-refractivity contribution is 5.89. The zero-order valence-corrected chi connectivity index (χ0v) is 15.9. The van der Waals surface area contributed by atoms with Gasteiger partial charge in [0.15, 0.2) is 11.7 Å². The molecule has 0 unspecified atom stereocenters. The van der Waals surface area contributed by atoms with Crippen molar-refractivity contribution in [2.75, 3.05) is 24.5 Å². The quantitative estimate of drug-likeness (QED) is 0.826. The molecule has 6 heteroatoms. The Balaban J connectivity index is 2.09. The van der Waals surface area contributed by atoms with Gasteiger partial charge in [-0.3, -0.25) is 4.79 Å². The van der Waals surface area contributed by atoms with Crippen molar-refractivity contribution < 1.29 is 4.79 Å². The lowest BCUT2D eigenvalue weighted by molar-refractivity contribution is -0.121. The summed E-state index contributed by atoms with van der Waals surface area (Å²) in [5, 5.41) is 12.4. The lowest BCUT2D eigenvalue weighted by Crippen LogP contribution is -2.40. The molecule has 1 aliphatic rings. The number of nitrogens with one attached hydrogen (secondary N) is 1. The van der Waals surface area contributed by atoms with Gasteiger partial charge < -0.3 is 10.2 Å². The van der Waals surface area contributed by atoms with Crippen LogP contribution in [-0.4, -0.2) is 35.5 Å². The Kier molecular flexibility index (Phi) is 5.70. The molecule has 1 aromatic heterocycles. The van der Waals surface area contributed by atoms with Crippen molar-refractivity contribution in [3.63, 3.8) is 0 Å². The minimum Gasteiger partial charge on any atom is -0.355 e. The molecule has 1 amide bonds. The predicted octanol–water partition coefficient (Wildman–Crippen LogP) is 3.02. The number of carbonyl (C=O) groups excluding carboxylic acids is 1. The van der Waals surface area contributed by atoms with Gasteiger partial charge in [-0.25, -0.2) is 9.97 Å². The van der Waals surface area contributed by atoms with Crippen molar-refractivity contribution in [1.29, 1.82) is 5.26 Å². The van der Waals surface area contributed by atoms with Gasteiger partial charge in [0.25, 0.3) is 0 Å². The van der Waals surface area contributed by atoms with Gasteiger partial charge in [0.1, 0.15) is 5.69 Å². The first-order valence-corrected chi connectivity index (χ1v) is 9.33. The van der Waals surface area contributed by atoms with Crippen LogP contribution in [0.25, 0.3) is 11.0 Å². The second kappa shape index (κ2) is 8.17. The number of aromatic nitrogens is 2. The number of fused-ring (bicyclic) bond motifs is 1. The summed E-state index contributed by atoms with van der Waals surface area (Å²) < 4.78 is 0. The van der Waals surface area contributed by atoms with Crippen molar-refractivity contribution in [2.24, 2.45) is 11.8 Å². The molecule has 140 valence electrons. The van der Waals surface area contributed by atoms with Crippen LogP contribution < -0.4 is 10.2 Å². The number of benzene rings is 1. The van der Waals surface area contributed by atoms with E-state index in [4.69, 9.17) is 4.98 Å². The largest absolute Gasteiger partial charge is 0.355 e. The molecule has 1 fully saturated rings. The van der Waals surface area contributed by atoms with Crippen LogP contribution in [0.15, 0.2) is 36.9 Å². The molecular formula is C21H25N5O. The summed E-state index contributed by atoms with van der Waals surface area (Å²) in [5.74, 6) is 0.299. The standard InChI is InChI=1S/C21H25N5O/c1-4-9-23-21(27)16(11-22)19-20(26-12-14(2)10-15(3)13-26)25-18-8-6-5-7-17(18)24-19/h4-8,14-16H,1,9-10,12-13H2,2-3H3,(H,23,27)/t14-,15+,16-/m1/s1. The molecule has 3 atom stereocenters. The zero-order chi connectivity index (χ0) is 19.4. The van der Waals surface area contributed by atoms with E-state index in [0.29, 0.717) is 35.4 Å². The summed E-state index contributed by atoms with van der Waals surface area (Å²) >= 11 is 0. The van der Waals surface area contributed by atoms with Gasteiger partial charge in [0.05, 0.1) is 17.1 Å². The lowest BCUT2D eigenvalue weighted by atomic mass is 9.91. The van der Waals surface area contributed by atoms with Gasteiger partial charge >= 0.3 is 0 Å². The number of para-hydroxylation sites is 2. The van der Waals surface area contributed by atoms with Crippen molar-refractivity contribution in [3.8, 4) is 6.07 Å². The van der Waals surface area contributed by atoms with E-state index in [9.17, 15) is 10.1 Å². The van der Waals surface area contributed by atoms with Crippen LogP contribution >= 0.6 is 0 Å². The molecule has 6 nitrogen and oxygen atoms in total. The minimum atomic E-state index is -1.01. The summed E-state index contributed by atoms with van der Waals surface area (Å²) in [6.07, 6.45) is 2.75. The third-order valence-corrected chi connectivity index (χ3v) is 4.83. The van der Waals surface area contributed by atoms with Crippen LogP contribution in [0.1, 0.15) is 31.9 Å². The Morgan fingerprint density at radius 1 is 1.33 bits per heavy atom. The first-order valence-electron chi connectivity index (χ1n) is 9.33. The highest BCUT2D eigenvalue weighted by atomic mass is 16.1. The van der Waals surface area contributed by atoms with E-state index in [0.717, 1.165) is 25.0 Å². The van der Waals surface area contributed by atoms with E-state index >= 15 is 0 Å². The smallest absolute Gasteiger partial charge is 0.243 e. The molecule has 3 rings (SSSR count). The Morgan fingerprint density at radius 3 is 2.56 bits per heavy atom. The number of piperidine rings is 1. The monoisotopic (exact) mass is 363 g/mol. The van der Waals surface area contributed by atoms with E-state index in [1.165, 1.54) is 0 Å². The molecule has 2 heterocycles. The molecule has 1 N–H and O–H groups in total. The second-order valence-electron chi connectivity index (χ2n) is 7.37. The van der Waals surface area contributed by atoms with Crippen molar-refractivity contribution in [2.45, 2.75) is 26.2 Å². The number of amides is 1. The fourth-order valence-electron chi connectivity index (χ4n) is 3.79. The van der Waals surface area contributed by atoms with E-state index in [-0.39, 0.29) is 5.91 Å². The number of nitrogens with zero attached hydrogens (tertiary/aromatic N) is 4. The molecule has 0 radical (unpaired) electrons.